The van der Waals surface area contributed by atoms with Crippen molar-refractivity contribution < 1.29 is 14.3 Å². The smallest absolute Gasteiger partial charge is 0.231 e. The van der Waals surface area contributed by atoms with Gasteiger partial charge in [0.1, 0.15) is 0 Å². The van der Waals surface area contributed by atoms with Gasteiger partial charge in [0.05, 0.1) is 6.54 Å². The first-order valence-corrected chi connectivity index (χ1v) is 6.76. The molecule has 0 bridgehead atoms. The van der Waals surface area contributed by atoms with Gasteiger partial charge in [-0.3, -0.25) is 9.69 Å². The predicted octanol–water partition coefficient (Wildman–Crippen LogP) is 0.571. The number of phenols is 1. The van der Waals surface area contributed by atoms with Crippen molar-refractivity contribution in [2.75, 3.05) is 19.6 Å². The lowest BCUT2D eigenvalue weighted by molar-refractivity contribution is -0.119. The Kier molecular flexibility index (Phi) is 4.92. The molecule has 110 valence electrons. The van der Waals surface area contributed by atoms with Crippen molar-refractivity contribution in [3.8, 4) is 5.75 Å². The Hall–Kier alpha value is -1.66. The number of rotatable bonds is 5. The third-order valence-electron chi connectivity index (χ3n) is 3.62. The second-order valence-electron chi connectivity index (χ2n) is 5.15. The molecule has 0 atom stereocenters. The molecule has 1 fully saturated rings. The molecule has 0 spiro atoms. The van der Waals surface area contributed by atoms with Crippen LogP contribution in [0.15, 0.2) is 18.2 Å². The van der Waals surface area contributed by atoms with Crippen molar-refractivity contribution in [2.24, 2.45) is 5.73 Å². The fraction of sp³-hybridized carbons (Fsp3) is 0.500. The van der Waals surface area contributed by atoms with E-state index in [1.807, 2.05) is 4.90 Å². The Balaban J connectivity index is 1.79. The van der Waals surface area contributed by atoms with E-state index in [0.717, 1.165) is 25.9 Å². The summed E-state index contributed by atoms with van der Waals surface area (Å²) < 4.78 is 13.2. The van der Waals surface area contributed by atoms with Crippen LogP contribution in [0.2, 0.25) is 0 Å². The topological polar surface area (TPSA) is 78.6 Å². The van der Waals surface area contributed by atoms with Crippen LogP contribution in [-0.4, -0.2) is 41.6 Å². The molecule has 2 rings (SSSR count). The van der Waals surface area contributed by atoms with Crippen LogP contribution in [0.25, 0.3) is 0 Å². The molecule has 0 radical (unpaired) electrons. The Bertz CT molecular complexity index is 473. The number of carbonyl (C=O) groups excluding carboxylic acids is 1. The summed E-state index contributed by atoms with van der Waals surface area (Å²) in [6.07, 6.45) is 1.81. The molecular formula is C14H20FN3O2. The summed E-state index contributed by atoms with van der Waals surface area (Å²) in [6, 6.07) is 4.83. The normalized spacial score (nSPS) is 17.2. The molecule has 1 amide bonds. The SMILES string of the molecule is NC(=O)CN1CCC(NCc2cccc(F)c2O)CC1. The van der Waals surface area contributed by atoms with Gasteiger partial charge >= 0.3 is 0 Å². The number of nitrogens with zero attached hydrogens (tertiary/aromatic N) is 1. The van der Waals surface area contributed by atoms with Gasteiger partial charge in [0.2, 0.25) is 5.91 Å². The van der Waals surface area contributed by atoms with Crippen LogP contribution in [-0.2, 0) is 11.3 Å². The van der Waals surface area contributed by atoms with Gasteiger partial charge in [-0.15, -0.1) is 0 Å². The maximum Gasteiger partial charge on any atom is 0.231 e. The second-order valence-corrected chi connectivity index (χ2v) is 5.15. The van der Waals surface area contributed by atoms with Gasteiger partial charge in [-0.1, -0.05) is 12.1 Å². The van der Waals surface area contributed by atoms with Crippen molar-refractivity contribution in [3.63, 3.8) is 0 Å². The molecular weight excluding hydrogens is 261 g/mol. The second kappa shape index (κ2) is 6.67. The molecule has 20 heavy (non-hydrogen) atoms. The standard InChI is InChI=1S/C14H20FN3O2/c15-12-3-1-2-10(14(12)20)8-17-11-4-6-18(7-5-11)9-13(16)19/h1-3,11,17,20H,4-9H2,(H2,16,19). The van der Waals surface area contributed by atoms with Gasteiger partial charge in [-0.25, -0.2) is 4.39 Å². The third kappa shape index (κ3) is 3.91. The molecule has 4 N–H and O–H groups in total. The highest BCUT2D eigenvalue weighted by Crippen LogP contribution is 2.21. The molecule has 1 aromatic carbocycles. The molecule has 0 unspecified atom stereocenters. The van der Waals surface area contributed by atoms with Crippen LogP contribution < -0.4 is 11.1 Å². The van der Waals surface area contributed by atoms with Crippen LogP contribution in [0, 0.1) is 5.82 Å². The number of halogens is 1. The zero-order chi connectivity index (χ0) is 14.5. The number of para-hydroxylation sites is 1. The van der Waals surface area contributed by atoms with E-state index < -0.39 is 5.82 Å². The average molecular weight is 281 g/mol. The quantitative estimate of drug-likeness (QED) is 0.737. The predicted molar refractivity (Wildman–Crippen MR) is 73.6 cm³/mol. The average Bonchev–Trinajstić information content (AvgIpc) is 2.41. The molecule has 0 aromatic heterocycles. The van der Waals surface area contributed by atoms with E-state index in [0.29, 0.717) is 24.7 Å². The Morgan fingerprint density at radius 3 is 2.80 bits per heavy atom. The van der Waals surface area contributed by atoms with Gasteiger partial charge < -0.3 is 16.2 Å². The number of amides is 1. The van der Waals surface area contributed by atoms with E-state index >= 15 is 0 Å². The molecule has 1 aromatic rings. The maximum absolute atomic E-state index is 13.2. The molecule has 1 aliphatic heterocycles. The number of likely N-dealkylation sites (tertiary alicyclic amines) is 1. The number of hydrogen-bond acceptors (Lipinski definition) is 4. The number of nitrogens with one attached hydrogen (secondary N) is 1. The van der Waals surface area contributed by atoms with Gasteiger partial charge in [-0.2, -0.15) is 0 Å². The van der Waals surface area contributed by atoms with E-state index in [4.69, 9.17) is 5.73 Å². The van der Waals surface area contributed by atoms with E-state index in [1.165, 1.54) is 6.07 Å². The van der Waals surface area contributed by atoms with Crippen LogP contribution in [0.1, 0.15) is 18.4 Å². The minimum atomic E-state index is -0.597. The Morgan fingerprint density at radius 2 is 2.15 bits per heavy atom. The third-order valence-corrected chi connectivity index (χ3v) is 3.62. The molecule has 5 nitrogen and oxygen atoms in total. The van der Waals surface area contributed by atoms with Crippen LogP contribution in [0.4, 0.5) is 4.39 Å². The Morgan fingerprint density at radius 1 is 1.45 bits per heavy atom. The minimum Gasteiger partial charge on any atom is -0.505 e. The van der Waals surface area contributed by atoms with E-state index in [2.05, 4.69) is 5.32 Å². The van der Waals surface area contributed by atoms with Crippen LogP contribution >= 0.6 is 0 Å². The zero-order valence-corrected chi connectivity index (χ0v) is 11.3. The van der Waals surface area contributed by atoms with E-state index in [9.17, 15) is 14.3 Å². The lowest BCUT2D eigenvalue weighted by Gasteiger charge is -2.31. The highest BCUT2D eigenvalue weighted by atomic mass is 19.1. The maximum atomic E-state index is 13.2. The number of phenolic OH excluding ortho intramolecular Hbond substituents is 1. The number of nitrogens with two attached hydrogens (primary N) is 1. The fourth-order valence-electron chi connectivity index (χ4n) is 2.47. The molecule has 1 aliphatic rings. The van der Waals surface area contributed by atoms with Gasteiger partial charge in [0, 0.05) is 31.2 Å². The summed E-state index contributed by atoms with van der Waals surface area (Å²) in [7, 11) is 0. The van der Waals surface area contributed by atoms with Crippen molar-refractivity contribution in [1.82, 2.24) is 10.2 Å². The summed E-state index contributed by atoms with van der Waals surface area (Å²) in [6.45, 7) is 2.37. The number of benzene rings is 1. The van der Waals surface area contributed by atoms with Crippen molar-refractivity contribution in [1.29, 1.82) is 0 Å². The molecule has 0 saturated carbocycles. The largest absolute Gasteiger partial charge is 0.505 e. The number of primary amides is 1. The molecule has 1 heterocycles. The van der Waals surface area contributed by atoms with Crippen LogP contribution in [0.3, 0.4) is 0 Å². The summed E-state index contributed by atoms with van der Waals surface area (Å²) in [4.78, 5) is 12.9. The first-order chi connectivity index (χ1) is 9.56. The number of hydrogen-bond donors (Lipinski definition) is 3. The summed E-state index contributed by atoms with van der Waals surface area (Å²) in [5.41, 5.74) is 5.72. The molecule has 1 saturated heterocycles. The summed E-state index contributed by atoms with van der Waals surface area (Å²) in [5, 5.41) is 12.9. The van der Waals surface area contributed by atoms with Gasteiger partial charge in [-0.05, 0) is 18.9 Å². The summed E-state index contributed by atoms with van der Waals surface area (Å²) in [5.74, 6) is -1.19. The van der Waals surface area contributed by atoms with Crippen molar-refractivity contribution in [2.45, 2.75) is 25.4 Å². The Labute approximate surface area is 117 Å². The van der Waals surface area contributed by atoms with Crippen molar-refractivity contribution >= 4 is 5.91 Å². The lowest BCUT2D eigenvalue weighted by atomic mass is 10.0. The monoisotopic (exact) mass is 281 g/mol. The molecule has 6 heteroatoms. The van der Waals surface area contributed by atoms with Gasteiger partial charge in [0.25, 0.3) is 0 Å². The van der Waals surface area contributed by atoms with E-state index in [1.54, 1.807) is 12.1 Å². The first kappa shape index (κ1) is 14.7. The zero-order valence-electron chi connectivity index (χ0n) is 11.3. The van der Waals surface area contributed by atoms with E-state index in [-0.39, 0.29) is 11.7 Å². The summed E-state index contributed by atoms with van der Waals surface area (Å²) >= 11 is 0. The van der Waals surface area contributed by atoms with Crippen LogP contribution in [0.5, 0.6) is 5.75 Å². The minimum absolute atomic E-state index is 0.286. The number of aromatic hydroxyl groups is 1. The van der Waals surface area contributed by atoms with Crippen molar-refractivity contribution in [3.05, 3.63) is 29.6 Å². The highest BCUT2D eigenvalue weighted by Gasteiger charge is 2.20. The first-order valence-electron chi connectivity index (χ1n) is 6.76. The number of piperidine rings is 1. The molecule has 0 aliphatic carbocycles. The highest BCUT2D eigenvalue weighted by molar-refractivity contribution is 5.75. The van der Waals surface area contributed by atoms with Gasteiger partial charge in [0.15, 0.2) is 11.6 Å². The lowest BCUT2D eigenvalue weighted by Crippen LogP contribution is -2.45. The fourth-order valence-corrected chi connectivity index (χ4v) is 2.47. The number of carbonyl (C=O) groups is 1.